The Morgan fingerprint density at radius 2 is 1.81 bits per heavy atom. The van der Waals surface area contributed by atoms with Gasteiger partial charge < -0.3 is 10.5 Å². The van der Waals surface area contributed by atoms with E-state index in [4.69, 9.17) is 10.5 Å². The van der Waals surface area contributed by atoms with Gasteiger partial charge in [-0.3, -0.25) is 0 Å². The van der Waals surface area contributed by atoms with Crippen LogP contribution in [-0.4, -0.2) is 9.97 Å². The van der Waals surface area contributed by atoms with Crippen molar-refractivity contribution in [2.24, 2.45) is 0 Å². The molecule has 0 aliphatic carbocycles. The van der Waals surface area contributed by atoms with Gasteiger partial charge in [-0.2, -0.15) is 0 Å². The molecule has 0 bridgehead atoms. The zero-order valence-corrected chi connectivity index (χ0v) is 8.02. The van der Waals surface area contributed by atoms with Gasteiger partial charge in [-0.15, -0.1) is 0 Å². The number of nitrogens with zero attached hydrogens (tertiary/aromatic N) is 2. The molecule has 0 atom stereocenters. The van der Waals surface area contributed by atoms with Crippen LogP contribution in [0.5, 0.6) is 11.8 Å². The maximum absolute atomic E-state index is 13.2. The standard InChI is InChI=1S/C10H7F2N3O/c11-6-1-2-9(8(12)3-6)16-10-14-4-7(13)5-15-10/h1-5H,13H2. The quantitative estimate of drug-likeness (QED) is 0.847. The van der Waals surface area contributed by atoms with E-state index in [9.17, 15) is 8.78 Å². The number of ether oxygens (including phenoxy) is 1. The number of halogens is 2. The second-order valence-electron chi connectivity index (χ2n) is 2.98. The first kappa shape index (κ1) is 10.3. The highest BCUT2D eigenvalue weighted by Crippen LogP contribution is 2.22. The Morgan fingerprint density at radius 3 is 2.44 bits per heavy atom. The molecule has 6 heteroatoms. The topological polar surface area (TPSA) is 61.0 Å². The van der Waals surface area contributed by atoms with Crippen LogP contribution in [0.2, 0.25) is 0 Å². The number of rotatable bonds is 2. The first-order valence-electron chi connectivity index (χ1n) is 4.35. The third-order valence-corrected chi connectivity index (χ3v) is 1.74. The molecule has 0 aliphatic rings. The second-order valence-corrected chi connectivity index (χ2v) is 2.98. The second kappa shape index (κ2) is 4.09. The lowest BCUT2D eigenvalue weighted by Crippen LogP contribution is -1.95. The summed E-state index contributed by atoms with van der Waals surface area (Å²) < 4.78 is 30.8. The highest BCUT2D eigenvalue weighted by molar-refractivity contribution is 5.32. The zero-order valence-electron chi connectivity index (χ0n) is 8.02. The Bertz CT molecular complexity index is 502. The Hall–Kier alpha value is -2.24. The van der Waals surface area contributed by atoms with E-state index < -0.39 is 11.6 Å². The Labute approximate surface area is 89.7 Å². The summed E-state index contributed by atoms with van der Waals surface area (Å²) in [6.45, 7) is 0. The minimum atomic E-state index is -0.819. The lowest BCUT2D eigenvalue weighted by molar-refractivity contribution is 0.408. The van der Waals surface area contributed by atoms with E-state index in [1.807, 2.05) is 0 Å². The molecular weight excluding hydrogens is 216 g/mol. The molecular formula is C10H7F2N3O. The summed E-state index contributed by atoms with van der Waals surface area (Å²) in [6.07, 6.45) is 2.65. The number of nitrogen functional groups attached to an aromatic ring is 1. The number of aromatic nitrogens is 2. The fraction of sp³-hybridized carbons (Fsp3) is 0. The molecule has 1 aromatic heterocycles. The van der Waals surface area contributed by atoms with Crippen molar-refractivity contribution in [2.75, 3.05) is 5.73 Å². The summed E-state index contributed by atoms with van der Waals surface area (Å²) in [5, 5.41) is 0. The molecule has 2 N–H and O–H groups in total. The van der Waals surface area contributed by atoms with Crippen LogP contribution in [0.3, 0.4) is 0 Å². The fourth-order valence-corrected chi connectivity index (χ4v) is 1.04. The summed E-state index contributed by atoms with van der Waals surface area (Å²) in [4.78, 5) is 7.44. The summed E-state index contributed by atoms with van der Waals surface area (Å²) in [7, 11) is 0. The van der Waals surface area contributed by atoms with Crippen LogP contribution in [0.15, 0.2) is 30.6 Å². The number of anilines is 1. The highest BCUT2D eigenvalue weighted by atomic mass is 19.1. The van der Waals surface area contributed by atoms with Gasteiger partial charge in [-0.05, 0) is 12.1 Å². The molecule has 16 heavy (non-hydrogen) atoms. The van der Waals surface area contributed by atoms with E-state index in [0.29, 0.717) is 11.8 Å². The number of nitrogens with two attached hydrogens (primary N) is 1. The van der Waals surface area contributed by atoms with Gasteiger partial charge >= 0.3 is 6.01 Å². The molecule has 0 spiro atoms. The van der Waals surface area contributed by atoms with Crippen LogP contribution < -0.4 is 10.5 Å². The summed E-state index contributed by atoms with van der Waals surface area (Å²) in [5.41, 5.74) is 5.73. The third-order valence-electron chi connectivity index (χ3n) is 1.74. The van der Waals surface area contributed by atoms with Gasteiger partial charge in [-0.25, -0.2) is 18.7 Å². The van der Waals surface area contributed by atoms with Crippen LogP contribution in [0.25, 0.3) is 0 Å². The first-order valence-corrected chi connectivity index (χ1v) is 4.35. The van der Waals surface area contributed by atoms with Crippen molar-refractivity contribution in [1.82, 2.24) is 9.97 Å². The molecule has 2 aromatic rings. The van der Waals surface area contributed by atoms with Crippen molar-refractivity contribution < 1.29 is 13.5 Å². The van der Waals surface area contributed by atoms with Gasteiger partial charge in [0.25, 0.3) is 0 Å². The van der Waals surface area contributed by atoms with Crippen LogP contribution >= 0.6 is 0 Å². The van der Waals surface area contributed by atoms with Crippen LogP contribution in [0.4, 0.5) is 14.5 Å². The average Bonchev–Trinajstić information content (AvgIpc) is 2.25. The van der Waals surface area contributed by atoms with Gasteiger partial charge in [0, 0.05) is 6.07 Å². The van der Waals surface area contributed by atoms with E-state index >= 15 is 0 Å². The highest BCUT2D eigenvalue weighted by Gasteiger charge is 2.07. The molecule has 1 heterocycles. The molecule has 0 saturated carbocycles. The van der Waals surface area contributed by atoms with Crippen molar-refractivity contribution in [2.45, 2.75) is 0 Å². The maximum Gasteiger partial charge on any atom is 0.322 e. The molecule has 0 saturated heterocycles. The summed E-state index contributed by atoms with van der Waals surface area (Å²) in [6, 6.07) is 2.90. The van der Waals surface area contributed by atoms with E-state index in [0.717, 1.165) is 12.1 Å². The Kier molecular flexibility index (Phi) is 2.63. The SMILES string of the molecule is Nc1cnc(Oc2ccc(F)cc2F)nc1. The molecule has 4 nitrogen and oxygen atoms in total. The lowest BCUT2D eigenvalue weighted by Gasteiger charge is -2.04. The minimum absolute atomic E-state index is 0.0558. The van der Waals surface area contributed by atoms with E-state index in [1.165, 1.54) is 12.4 Å². The monoisotopic (exact) mass is 223 g/mol. The molecule has 0 unspecified atom stereocenters. The van der Waals surface area contributed by atoms with Gasteiger partial charge in [0.05, 0.1) is 18.1 Å². The molecule has 2 rings (SSSR count). The summed E-state index contributed by atoms with van der Waals surface area (Å²) in [5.74, 6) is -1.64. The van der Waals surface area contributed by atoms with E-state index in [1.54, 1.807) is 0 Å². The first-order chi connectivity index (χ1) is 7.65. The summed E-state index contributed by atoms with van der Waals surface area (Å²) >= 11 is 0. The van der Waals surface area contributed by atoms with Crippen molar-refractivity contribution in [3.05, 3.63) is 42.2 Å². The molecule has 1 aromatic carbocycles. The smallest absolute Gasteiger partial charge is 0.322 e. The predicted octanol–water partition coefficient (Wildman–Crippen LogP) is 2.13. The maximum atomic E-state index is 13.2. The van der Waals surface area contributed by atoms with Crippen LogP contribution in [-0.2, 0) is 0 Å². The van der Waals surface area contributed by atoms with Gasteiger partial charge in [0.2, 0.25) is 0 Å². The van der Waals surface area contributed by atoms with Crippen molar-refractivity contribution in [3.63, 3.8) is 0 Å². The predicted molar refractivity (Wildman–Crippen MR) is 52.9 cm³/mol. The molecule has 0 radical (unpaired) electrons. The van der Waals surface area contributed by atoms with Gasteiger partial charge in [0.15, 0.2) is 11.6 Å². The fourth-order valence-electron chi connectivity index (χ4n) is 1.04. The van der Waals surface area contributed by atoms with Crippen LogP contribution in [0.1, 0.15) is 0 Å². The van der Waals surface area contributed by atoms with Crippen molar-refractivity contribution >= 4 is 5.69 Å². The number of hydrogen-bond acceptors (Lipinski definition) is 4. The average molecular weight is 223 g/mol. The van der Waals surface area contributed by atoms with Crippen LogP contribution in [0, 0.1) is 11.6 Å². The minimum Gasteiger partial charge on any atom is -0.421 e. The molecule has 82 valence electrons. The van der Waals surface area contributed by atoms with Crippen molar-refractivity contribution in [3.8, 4) is 11.8 Å². The largest absolute Gasteiger partial charge is 0.421 e. The third kappa shape index (κ3) is 2.22. The Morgan fingerprint density at radius 1 is 1.12 bits per heavy atom. The van der Waals surface area contributed by atoms with Gasteiger partial charge in [0.1, 0.15) is 5.82 Å². The number of hydrogen-bond donors (Lipinski definition) is 1. The van der Waals surface area contributed by atoms with Gasteiger partial charge in [-0.1, -0.05) is 0 Å². The lowest BCUT2D eigenvalue weighted by atomic mass is 10.3. The number of benzene rings is 1. The van der Waals surface area contributed by atoms with Crippen molar-refractivity contribution in [1.29, 1.82) is 0 Å². The molecule has 0 fully saturated rings. The van der Waals surface area contributed by atoms with E-state index in [-0.39, 0.29) is 11.8 Å². The normalized spacial score (nSPS) is 10.1. The zero-order chi connectivity index (χ0) is 11.5. The molecule has 0 amide bonds. The molecule has 0 aliphatic heterocycles. The van der Waals surface area contributed by atoms with E-state index in [2.05, 4.69) is 9.97 Å². The Balaban J connectivity index is 2.23.